The minimum Gasteiger partial charge on any atom is -0.355 e. The minimum absolute atomic E-state index is 0.0311. The van der Waals surface area contributed by atoms with Crippen LogP contribution in [0.15, 0.2) is 36.5 Å². The number of nitrogens with zero attached hydrogens (tertiary/aromatic N) is 2. The smallest absolute Gasteiger partial charge is 0.251 e. The Morgan fingerprint density at radius 1 is 1.22 bits per heavy atom. The summed E-state index contributed by atoms with van der Waals surface area (Å²) in [6.45, 7) is 4.98. The molecule has 1 N–H and O–H groups in total. The maximum Gasteiger partial charge on any atom is 0.251 e. The highest BCUT2D eigenvalue weighted by molar-refractivity contribution is 6.31. The number of benzene rings is 1. The van der Waals surface area contributed by atoms with Crippen molar-refractivity contribution in [2.45, 2.75) is 70.8 Å². The number of pyridine rings is 1. The molecule has 0 radical (unpaired) electrons. The molecule has 0 saturated heterocycles. The first-order chi connectivity index (χ1) is 16.9. The largest absolute Gasteiger partial charge is 0.355 e. The van der Waals surface area contributed by atoms with Gasteiger partial charge in [0.05, 0.1) is 0 Å². The van der Waals surface area contributed by atoms with Crippen molar-refractivity contribution >= 4 is 23.3 Å². The van der Waals surface area contributed by atoms with E-state index >= 15 is 0 Å². The van der Waals surface area contributed by atoms with Crippen LogP contribution in [-0.4, -0.2) is 54.2 Å². The third kappa shape index (κ3) is 6.48. The topological polar surface area (TPSA) is 62.3 Å². The predicted molar refractivity (Wildman–Crippen MR) is 139 cm³/mol. The maximum absolute atomic E-state index is 14.7. The zero-order valence-corrected chi connectivity index (χ0v) is 22.5. The van der Waals surface area contributed by atoms with Crippen LogP contribution in [0.4, 0.5) is 8.78 Å². The van der Waals surface area contributed by atoms with Crippen LogP contribution >= 0.6 is 11.6 Å². The molecule has 1 aromatic heterocycles. The van der Waals surface area contributed by atoms with Crippen LogP contribution in [0.25, 0.3) is 0 Å². The molecule has 1 aliphatic carbocycles. The Bertz CT molecular complexity index is 1100. The molecule has 196 valence electrons. The SMILES string of the molecule is CCC(=O)c1ccc(C[C@@H](CNC(=O)CC(c2cc(C)ccn2)C2(C(C)(F)F)CC2)N(C)C)c(Cl)c1. The van der Waals surface area contributed by atoms with E-state index in [9.17, 15) is 18.4 Å². The van der Waals surface area contributed by atoms with Crippen molar-refractivity contribution < 1.29 is 18.4 Å². The van der Waals surface area contributed by atoms with Gasteiger partial charge in [-0.25, -0.2) is 8.78 Å². The molecule has 1 saturated carbocycles. The number of nitrogens with one attached hydrogen (secondary N) is 1. The molecule has 5 nitrogen and oxygen atoms in total. The summed E-state index contributed by atoms with van der Waals surface area (Å²) in [4.78, 5) is 31.4. The molecule has 1 amide bonds. The molecule has 1 heterocycles. The van der Waals surface area contributed by atoms with Gasteiger partial charge in [-0.1, -0.05) is 30.7 Å². The van der Waals surface area contributed by atoms with Crippen LogP contribution in [-0.2, 0) is 11.2 Å². The van der Waals surface area contributed by atoms with Crippen LogP contribution in [0, 0.1) is 12.3 Å². The zero-order chi connectivity index (χ0) is 26.7. The van der Waals surface area contributed by atoms with E-state index in [-0.39, 0.29) is 24.2 Å². The molecule has 1 unspecified atom stereocenters. The molecule has 2 aromatic rings. The number of likely N-dealkylation sites (N-methyl/N-ethyl adjacent to an activating group) is 1. The normalized spacial score (nSPS) is 16.5. The predicted octanol–water partition coefficient (Wildman–Crippen LogP) is 5.83. The fourth-order valence-electron chi connectivity index (χ4n) is 4.83. The number of rotatable bonds is 12. The van der Waals surface area contributed by atoms with Gasteiger partial charge in [0.1, 0.15) is 0 Å². The molecule has 1 aliphatic rings. The third-order valence-corrected chi connectivity index (χ3v) is 7.78. The summed E-state index contributed by atoms with van der Waals surface area (Å²) in [6.07, 6.45) is 3.29. The van der Waals surface area contributed by atoms with Gasteiger partial charge in [0.25, 0.3) is 5.92 Å². The highest BCUT2D eigenvalue weighted by Crippen LogP contribution is 2.65. The molecule has 36 heavy (non-hydrogen) atoms. The first kappa shape index (κ1) is 28.2. The van der Waals surface area contributed by atoms with Crippen LogP contribution in [0.1, 0.15) is 72.6 Å². The molecular formula is C28H36ClF2N3O2. The Hall–Kier alpha value is -2.38. The number of alkyl halides is 2. The highest BCUT2D eigenvalue weighted by Gasteiger charge is 2.64. The van der Waals surface area contributed by atoms with E-state index in [0.717, 1.165) is 18.1 Å². The van der Waals surface area contributed by atoms with Crippen LogP contribution in [0.3, 0.4) is 0 Å². The van der Waals surface area contributed by atoms with Crippen LogP contribution in [0.5, 0.6) is 0 Å². The number of hydrogen-bond donors (Lipinski definition) is 1. The number of aromatic nitrogens is 1. The number of ketones is 1. The Balaban J connectivity index is 1.71. The molecule has 2 atom stereocenters. The molecule has 0 aliphatic heterocycles. The van der Waals surface area contributed by atoms with Gasteiger partial charge in [-0.05, 0) is 76.5 Å². The Morgan fingerprint density at radius 3 is 2.44 bits per heavy atom. The summed E-state index contributed by atoms with van der Waals surface area (Å²) < 4.78 is 29.3. The number of amides is 1. The van der Waals surface area contributed by atoms with Gasteiger partial charge in [0.15, 0.2) is 5.78 Å². The second kappa shape index (κ2) is 11.3. The monoisotopic (exact) mass is 519 g/mol. The minimum atomic E-state index is -2.91. The van der Waals surface area contributed by atoms with E-state index in [1.165, 1.54) is 0 Å². The van der Waals surface area contributed by atoms with Gasteiger partial charge in [0.2, 0.25) is 5.91 Å². The summed E-state index contributed by atoms with van der Waals surface area (Å²) in [5.74, 6) is -3.81. The van der Waals surface area contributed by atoms with Gasteiger partial charge >= 0.3 is 0 Å². The third-order valence-electron chi connectivity index (χ3n) is 7.43. The second-order valence-corrected chi connectivity index (χ2v) is 10.7. The van der Waals surface area contributed by atoms with E-state index in [1.807, 2.05) is 38.1 Å². The number of carbonyl (C=O) groups is 2. The number of hydrogen-bond acceptors (Lipinski definition) is 4. The standard InChI is InChI=1S/C28H36ClF2N3O2/c1-6-25(35)20-8-7-19(23(29)15-20)14-21(34(4)5)17-33-26(36)16-22(24-13-18(2)9-12-32-24)28(10-11-28)27(3,30)31/h7-9,12-13,15,21-22H,6,10-11,14,16-17H2,1-5H3,(H,33,36)/t21-,22?/m0/s1. The van der Waals surface area contributed by atoms with Gasteiger partial charge < -0.3 is 10.2 Å². The quantitative estimate of drug-likeness (QED) is 0.358. The van der Waals surface area contributed by atoms with Crippen molar-refractivity contribution in [1.29, 1.82) is 0 Å². The van der Waals surface area contributed by atoms with Gasteiger partial charge in [-0.15, -0.1) is 0 Å². The van der Waals surface area contributed by atoms with Gasteiger partial charge in [0, 0.05) is 59.2 Å². The average molecular weight is 520 g/mol. The first-order valence-electron chi connectivity index (χ1n) is 12.4. The fourth-order valence-corrected chi connectivity index (χ4v) is 5.09. The van der Waals surface area contributed by atoms with Crippen LogP contribution < -0.4 is 5.32 Å². The Morgan fingerprint density at radius 2 is 1.92 bits per heavy atom. The molecule has 0 spiro atoms. The second-order valence-electron chi connectivity index (χ2n) is 10.3. The number of halogens is 3. The fraction of sp³-hybridized carbons (Fsp3) is 0.536. The molecule has 1 aromatic carbocycles. The van der Waals surface area contributed by atoms with Crippen LogP contribution in [0.2, 0.25) is 5.02 Å². The van der Waals surface area contributed by atoms with Crippen molar-refractivity contribution in [3.05, 3.63) is 63.9 Å². The highest BCUT2D eigenvalue weighted by atomic mass is 35.5. The summed E-state index contributed by atoms with van der Waals surface area (Å²) in [5, 5.41) is 3.47. The average Bonchev–Trinajstić information content (AvgIpc) is 3.62. The lowest BCUT2D eigenvalue weighted by molar-refractivity contribution is -0.124. The Kier molecular flexibility index (Phi) is 8.88. The lowest BCUT2D eigenvalue weighted by atomic mass is 9.79. The molecule has 8 heteroatoms. The Labute approximate surface area is 217 Å². The molecular weight excluding hydrogens is 484 g/mol. The van der Waals surface area contributed by atoms with E-state index in [1.54, 1.807) is 31.3 Å². The van der Waals surface area contributed by atoms with Crippen molar-refractivity contribution in [2.75, 3.05) is 20.6 Å². The summed E-state index contributed by atoms with van der Waals surface area (Å²) in [5.41, 5.74) is 1.69. The van der Waals surface area contributed by atoms with Gasteiger partial charge in [-0.2, -0.15) is 0 Å². The summed E-state index contributed by atoms with van der Waals surface area (Å²) in [6, 6.07) is 8.87. The number of carbonyl (C=O) groups excluding carboxylic acids is 2. The molecule has 3 rings (SSSR count). The van der Waals surface area contributed by atoms with Crippen molar-refractivity contribution in [1.82, 2.24) is 15.2 Å². The number of Topliss-reactive ketones (excluding diaryl/α,β-unsaturated/α-hetero) is 1. The number of aryl methyl sites for hydroxylation is 1. The lowest BCUT2D eigenvalue weighted by Crippen LogP contribution is -2.43. The molecule has 0 bridgehead atoms. The maximum atomic E-state index is 14.7. The van der Waals surface area contributed by atoms with Gasteiger partial charge in [-0.3, -0.25) is 14.6 Å². The van der Waals surface area contributed by atoms with Crippen molar-refractivity contribution in [2.24, 2.45) is 5.41 Å². The van der Waals surface area contributed by atoms with E-state index in [2.05, 4.69) is 10.3 Å². The van der Waals surface area contributed by atoms with E-state index in [4.69, 9.17) is 11.6 Å². The summed E-state index contributed by atoms with van der Waals surface area (Å²) in [7, 11) is 3.83. The van der Waals surface area contributed by atoms with E-state index < -0.39 is 17.3 Å². The van der Waals surface area contributed by atoms with E-state index in [0.29, 0.717) is 48.5 Å². The first-order valence-corrected chi connectivity index (χ1v) is 12.8. The lowest BCUT2D eigenvalue weighted by Gasteiger charge is -2.32. The summed E-state index contributed by atoms with van der Waals surface area (Å²) >= 11 is 6.46. The van der Waals surface area contributed by atoms with Crippen molar-refractivity contribution in [3.8, 4) is 0 Å². The van der Waals surface area contributed by atoms with Crippen molar-refractivity contribution in [3.63, 3.8) is 0 Å². The zero-order valence-electron chi connectivity index (χ0n) is 21.7. The molecule has 1 fully saturated rings.